The Labute approximate surface area is 192 Å². The summed E-state index contributed by atoms with van der Waals surface area (Å²) in [6, 6.07) is 15.3. The summed E-state index contributed by atoms with van der Waals surface area (Å²) in [7, 11) is 0. The third-order valence-electron chi connectivity index (χ3n) is 7.05. The fourth-order valence-corrected chi connectivity index (χ4v) is 5.30. The van der Waals surface area contributed by atoms with Crippen molar-refractivity contribution in [1.29, 1.82) is 0 Å². The quantitative estimate of drug-likeness (QED) is 0.672. The van der Waals surface area contributed by atoms with E-state index in [4.69, 9.17) is 9.84 Å². The minimum absolute atomic E-state index is 0.0447. The van der Waals surface area contributed by atoms with Crippen LogP contribution >= 0.6 is 0 Å². The van der Waals surface area contributed by atoms with Gasteiger partial charge in [-0.25, -0.2) is 4.79 Å². The average Bonchev–Trinajstić information content (AvgIpc) is 3.47. The zero-order valence-electron chi connectivity index (χ0n) is 18.4. The van der Waals surface area contributed by atoms with Crippen molar-refractivity contribution in [3.05, 3.63) is 59.7 Å². The van der Waals surface area contributed by atoms with Gasteiger partial charge in [-0.3, -0.25) is 9.59 Å². The molecule has 2 aromatic rings. The topological polar surface area (TPSA) is 95.9 Å². The first-order valence-corrected chi connectivity index (χ1v) is 11.7. The fraction of sp³-hybridized carbons (Fsp3) is 0.423. The molecule has 33 heavy (non-hydrogen) atoms. The summed E-state index contributed by atoms with van der Waals surface area (Å²) in [5, 5.41) is 12.0. The number of amides is 2. The molecule has 1 aliphatic heterocycles. The van der Waals surface area contributed by atoms with Crippen molar-refractivity contribution in [3.63, 3.8) is 0 Å². The molecule has 2 atom stereocenters. The van der Waals surface area contributed by atoms with E-state index < -0.39 is 18.1 Å². The number of hydrogen-bond donors (Lipinski definition) is 2. The number of rotatable bonds is 7. The molecule has 2 fully saturated rings. The minimum atomic E-state index is -0.910. The van der Waals surface area contributed by atoms with Crippen LogP contribution in [-0.2, 0) is 14.3 Å². The molecule has 1 saturated heterocycles. The molecule has 7 nitrogen and oxygen atoms in total. The maximum atomic E-state index is 13.2. The van der Waals surface area contributed by atoms with E-state index in [1.165, 1.54) is 0 Å². The highest BCUT2D eigenvalue weighted by molar-refractivity contribution is 5.87. The number of aliphatic carboxylic acids is 1. The summed E-state index contributed by atoms with van der Waals surface area (Å²) >= 11 is 0. The van der Waals surface area contributed by atoms with E-state index in [-0.39, 0.29) is 36.8 Å². The smallest absolute Gasteiger partial charge is 0.407 e. The number of likely N-dealkylation sites (tertiary alicyclic amines) is 1. The third kappa shape index (κ3) is 4.32. The van der Waals surface area contributed by atoms with Crippen LogP contribution in [0.2, 0.25) is 0 Å². The zero-order chi connectivity index (χ0) is 22.9. The molecule has 0 aromatic heterocycles. The maximum Gasteiger partial charge on any atom is 0.407 e. The van der Waals surface area contributed by atoms with Crippen molar-refractivity contribution in [3.8, 4) is 11.1 Å². The molecule has 7 heteroatoms. The number of carbonyl (C=O) groups excluding carboxylic acids is 2. The Morgan fingerprint density at radius 1 is 1.00 bits per heavy atom. The van der Waals surface area contributed by atoms with Crippen LogP contribution in [0.3, 0.4) is 0 Å². The fourth-order valence-electron chi connectivity index (χ4n) is 5.30. The van der Waals surface area contributed by atoms with Gasteiger partial charge in [0.15, 0.2) is 0 Å². The van der Waals surface area contributed by atoms with Gasteiger partial charge in [0, 0.05) is 18.5 Å². The second-order valence-electron chi connectivity index (χ2n) is 9.21. The first kappa shape index (κ1) is 21.5. The first-order valence-electron chi connectivity index (χ1n) is 11.7. The molecule has 3 aliphatic rings. The van der Waals surface area contributed by atoms with E-state index in [1.807, 2.05) is 24.3 Å². The van der Waals surface area contributed by atoms with E-state index in [0.717, 1.165) is 41.5 Å². The molecule has 2 aliphatic carbocycles. The zero-order valence-corrected chi connectivity index (χ0v) is 18.4. The highest BCUT2D eigenvalue weighted by atomic mass is 16.5. The van der Waals surface area contributed by atoms with Crippen LogP contribution in [0.1, 0.15) is 49.1 Å². The summed E-state index contributed by atoms with van der Waals surface area (Å²) in [6.45, 7) is 0.725. The molecule has 2 unspecified atom stereocenters. The lowest BCUT2D eigenvalue weighted by atomic mass is 9.98. The molecule has 2 N–H and O–H groups in total. The number of alkyl carbamates (subject to hydrolysis) is 1. The number of carboxylic acid groups (broad SMARTS) is 1. The average molecular weight is 449 g/mol. The molecule has 2 amide bonds. The largest absolute Gasteiger partial charge is 0.481 e. The van der Waals surface area contributed by atoms with Gasteiger partial charge in [-0.15, -0.1) is 0 Å². The molecular weight excluding hydrogens is 420 g/mol. The van der Waals surface area contributed by atoms with E-state index in [2.05, 4.69) is 29.6 Å². The number of fused-ring (bicyclic) bond motifs is 3. The molecule has 1 heterocycles. The molecule has 0 spiro atoms. The molecule has 5 rings (SSSR count). The Morgan fingerprint density at radius 2 is 1.64 bits per heavy atom. The Morgan fingerprint density at radius 3 is 2.24 bits per heavy atom. The second-order valence-corrected chi connectivity index (χ2v) is 9.21. The number of carboxylic acids is 1. The number of nitrogens with one attached hydrogen (secondary N) is 1. The summed E-state index contributed by atoms with van der Waals surface area (Å²) in [6.07, 6.45) is 2.55. The highest BCUT2D eigenvalue weighted by Gasteiger charge is 2.43. The van der Waals surface area contributed by atoms with E-state index in [0.29, 0.717) is 13.0 Å². The number of carbonyl (C=O) groups is 3. The lowest BCUT2D eigenvalue weighted by molar-refractivity contribution is -0.140. The van der Waals surface area contributed by atoms with Gasteiger partial charge in [-0.2, -0.15) is 0 Å². The van der Waals surface area contributed by atoms with Crippen molar-refractivity contribution in [2.75, 3.05) is 13.2 Å². The molecule has 172 valence electrons. The van der Waals surface area contributed by atoms with Gasteiger partial charge in [0.05, 0.1) is 6.42 Å². The summed E-state index contributed by atoms with van der Waals surface area (Å²) in [5.41, 5.74) is 4.59. The SMILES string of the molecule is O=C(O)CC1CCCN1C(=O)C(NC(=O)OCC1c2ccccc2-c2ccccc21)C1CC1. The van der Waals surface area contributed by atoms with Gasteiger partial charge in [-0.05, 0) is 53.9 Å². The Balaban J connectivity index is 1.25. The predicted molar refractivity (Wildman–Crippen MR) is 122 cm³/mol. The monoisotopic (exact) mass is 448 g/mol. The highest BCUT2D eigenvalue weighted by Crippen LogP contribution is 2.44. The standard InChI is InChI=1S/C26H28N2O5/c29-23(30)14-17-6-5-13-28(17)25(31)24(16-11-12-16)27-26(32)33-15-22-20-9-3-1-7-18(20)19-8-2-4-10-21(19)22/h1-4,7-10,16-17,22,24H,5-6,11-15H2,(H,27,32)(H,29,30). The Kier molecular flexibility index (Phi) is 5.79. The summed E-state index contributed by atoms with van der Waals surface area (Å²) in [4.78, 5) is 38.8. The Bertz CT molecular complexity index is 1030. The maximum absolute atomic E-state index is 13.2. The normalized spacial score (nSPS) is 20.1. The van der Waals surface area contributed by atoms with Crippen LogP contribution in [0.4, 0.5) is 4.79 Å². The molecule has 1 saturated carbocycles. The van der Waals surface area contributed by atoms with Gasteiger partial charge in [0.25, 0.3) is 0 Å². The first-order chi connectivity index (χ1) is 16.0. The van der Waals surface area contributed by atoms with Crippen molar-refractivity contribution in [1.82, 2.24) is 10.2 Å². The predicted octanol–water partition coefficient (Wildman–Crippen LogP) is 3.77. The van der Waals surface area contributed by atoms with Gasteiger partial charge >= 0.3 is 12.1 Å². The number of ether oxygens (including phenoxy) is 1. The van der Waals surface area contributed by atoms with Crippen LogP contribution < -0.4 is 5.32 Å². The van der Waals surface area contributed by atoms with Gasteiger partial charge < -0.3 is 20.1 Å². The second kappa shape index (κ2) is 8.89. The molecule has 0 bridgehead atoms. The molecule has 0 radical (unpaired) electrons. The van der Waals surface area contributed by atoms with Gasteiger partial charge in [-0.1, -0.05) is 48.5 Å². The number of hydrogen-bond acceptors (Lipinski definition) is 4. The van der Waals surface area contributed by atoms with Crippen LogP contribution in [0.25, 0.3) is 11.1 Å². The van der Waals surface area contributed by atoms with Crippen molar-refractivity contribution < 1.29 is 24.2 Å². The van der Waals surface area contributed by atoms with Gasteiger partial charge in [0.2, 0.25) is 5.91 Å². The van der Waals surface area contributed by atoms with Crippen LogP contribution in [0, 0.1) is 5.92 Å². The summed E-state index contributed by atoms with van der Waals surface area (Å²) < 4.78 is 5.64. The van der Waals surface area contributed by atoms with E-state index in [9.17, 15) is 14.4 Å². The summed E-state index contributed by atoms with van der Waals surface area (Å²) in [5.74, 6) is -1.05. The van der Waals surface area contributed by atoms with Gasteiger partial charge in [0.1, 0.15) is 12.6 Å². The van der Waals surface area contributed by atoms with Crippen LogP contribution in [-0.4, -0.2) is 53.2 Å². The van der Waals surface area contributed by atoms with E-state index in [1.54, 1.807) is 4.90 Å². The van der Waals surface area contributed by atoms with Crippen molar-refractivity contribution in [2.24, 2.45) is 5.92 Å². The minimum Gasteiger partial charge on any atom is -0.481 e. The molecule has 2 aromatic carbocycles. The third-order valence-corrected chi connectivity index (χ3v) is 7.05. The van der Waals surface area contributed by atoms with Crippen molar-refractivity contribution >= 4 is 18.0 Å². The molecular formula is C26H28N2O5. The van der Waals surface area contributed by atoms with E-state index >= 15 is 0 Å². The van der Waals surface area contributed by atoms with Crippen LogP contribution in [0.15, 0.2) is 48.5 Å². The van der Waals surface area contributed by atoms with Crippen molar-refractivity contribution in [2.45, 2.75) is 50.1 Å². The lowest BCUT2D eigenvalue weighted by Crippen LogP contribution is -2.51. The van der Waals surface area contributed by atoms with Crippen LogP contribution in [0.5, 0.6) is 0 Å². The Hall–Kier alpha value is -3.35. The number of nitrogens with zero attached hydrogens (tertiary/aromatic N) is 1. The number of benzene rings is 2. The lowest BCUT2D eigenvalue weighted by Gasteiger charge is -2.28.